The van der Waals surface area contributed by atoms with Crippen LogP contribution in [0.3, 0.4) is 0 Å². The lowest BCUT2D eigenvalue weighted by atomic mass is 9.72. The highest BCUT2D eigenvalue weighted by molar-refractivity contribution is 9.11. The third-order valence-electron chi connectivity index (χ3n) is 5.28. The van der Waals surface area contributed by atoms with Crippen LogP contribution in [-0.2, 0) is 12.8 Å². The van der Waals surface area contributed by atoms with Crippen molar-refractivity contribution in [3.05, 3.63) is 55.3 Å². The quantitative estimate of drug-likeness (QED) is 0.292. The first kappa shape index (κ1) is 22.3. The fourth-order valence-corrected chi connectivity index (χ4v) is 6.26. The van der Waals surface area contributed by atoms with E-state index in [4.69, 9.17) is 4.74 Å². The number of halogens is 2. The lowest BCUT2D eigenvalue weighted by molar-refractivity contribution is 0.218. The van der Waals surface area contributed by atoms with Crippen LogP contribution >= 0.6 is 43.2 Å². The molecule has 29 heavy (non-hydrogen) atoms. The molecule has 1 aromatic carbocycles. The number of ether oxygens (including phenoxy) is 1. The van der Waals surface area contributed by atoms with Crippen LogP contribution in [0.2, 0.25) is 0 Å². The normalized spacial score (nSPS) is 16.5. The van der Waals surface area contributed by atoms with Crippen LogP contribution < -0.4 is 4.74 Å². The van der Waals surface area contributed by atoms with Crippen LogP contribution in [0.1, 0.15) is 48.8 Å². The standard InChI is InChI=1S/C23H24Br2N2OS/c1-5-8-28-21-18(24)9-14(10-19(21)25)13-27-22-17(12-26)16-7-6-15(23(2,3)4)11-20(16)29-22/h5,9-10,13,15H,1,6-8,11H2,2-4H3/t15-/m0/s1. The van der Waals surface area contributed by atoms with Gasteiger partial charge in [-0.05, 0) is 85.7 Å². The smallest absolute Gasteiger partial charge is 0.148 e. The summed E-state index contributed by atoms with van der Waals surface area (Å²) >= 11 is 8.78. The number of nitrogens with zero attached hydrogens (tertiary/aromatic N) is 2. The van der Waals surface area contributed by atoms with Gasteiger partial charge in [-0.15, -0.1) is 11.3 Å². The Morgan fingerprint density at radius 3 is 2.62 bits per heavy atom. The SMILES string of the molecule is C=CCOc1c(Br)cc(C=Nc2sc3c(c2C#N)CC[C@H](C(C)(C)C)C3)cc1Br. The maximum absolute atomic E-state index is 9.74. The third-order valence-corrected chi connectivity index (χ3v) is 7.62. The van der Waals surface area contributed by atoms with Gasteiger partial charge in [0.25, 0.3) is 0 Å². The van der Waals surface area contributed by atoms with Crippen LogP contribution in [0.4, 0.5) is 5.00 Å². The highest BCUT2D eigenvalue weighted by Crippen LogP contribution is 2.45. The molecule has 0 N–H and O–H groups in total. The fourth-order valence-electron chi connectivity index (χ4n) is 3.58. The molecule has 1 heterocycles. The van der Waals surface area contributed by atoms with Gasteiger partial charge in [0.2, 0.25) is 0 Å². The fraction of sp³-hybridized carbons (Fsp3) is 0.391. The first-order valence-electron chi connectivity index (χ1n) is 9.56. The Morgan fingerprint density at radius 1 is 1.34 bits per heavy atom. The van der Waals surface area contributed by atoms with Gasteiger partial charge in [0.15, 0.2) is 0 Å². The van der Waals surface area contributed by atoms with E-state index >= 15 is 0 Å². The van der Waals surface area contributed by atoms with E-state index in [9.17, 15) is 5.26 Å². The molecule has 2 aromatic rings. The number of thiophene rings is 1. The molecule has 3 rings (SSSR count). The monoisotopic (exact) mass is 534 g/mol. The van der Waals surface area contributed by atoms with Crippen LogP contribution in [0.15, 0.2) is 38.7 Å². The summed E-state index contributed by atoms with van der Waals surface area (Å²) in [5, 5.41) is 10.5. The minimum Gasteiger partial charge on any atom is -0.487 e. The van der Waals surface area contributed by atoms with Gasteiger partial charge in [-0.1, -0.05) is 33.4 Å². The van der Waals surface area contributed by atoms with Gasteiger partial charge < -0.3 is 4.74 Å². The molecule has 0 bridgehead atoms. The summed E-state index contributed by atoms with van der Waals surface area (Å²) in [6.45, 7) is 11.0. The summed E-state index contributed by atoms with van der Waals surface area (Å²) in [6, 6.07) is 6.32. The van der Waals surface area contributed by atoms with Crippen molar-refractivity contribution in [1.29, 1.82) is 5.26 Å². The van der Waals surface area contributed by atoms with Gasteiger partial charge >= 0.3 is 0 Å². The molecule has 0 radical (unpaired) electrons. The van der Waals surface area contributed by atoms with Gasteiger partial charge in [0, 0.05) is 11.1 Å². The summed E-state index contributed by atoms with van der Waals surface area (Å²) in [6.07, 6.45) is 6.67. The van der Waals surface area contributed by atoms with Gasteiger partial charge in [0.05, 0.1) is 14.5 Å². The predicted octanol–water partition coefficient (Wildman–Crippen LogP) is 7.61. The van der Waals surface area contributed by atoms with Crippen LogP contribution in [0.25, 0.3) is 0 Å². The van der Waals surface area contributed by atoms with Crippen molar-refractivity contribution < 1.29 is 4.74 Å². The second-order valence-electron chi connectivity index (χ2n) is 8.27. The Hall–Kier alpha value is -1.42. The van der Waals surface area contributed by atoms with Crippen molar-refractivity contribution in [2.24, 2.45) is 16.3 Å². The van der Waals surface area contributed by atoms with E-state index in [1.54, 1.807) is 17.4 Å². The highest BCUT2D eigenvalue weighted by Gasteiger charge is 2.32. The van der Waals surface area contributed by atoms with E-state index in [1.165, 1.54) is 10.4 Å². The second-order valence-corrected chi connectivity index (χ2v) is 11.1. The zero-order valence-corrected chi connectivity index (χ0v) is 20.9. The molecule has 0 amide bonds. The van der Waals surface area contributed by atoms with E-state index < -0.39 is 0 Å². The molecule has 0 fully saturated rings. The van der Waals surface area contributed by atoms with E-state index in [2.05, 4.69) is 70.3 Å². The summed E-state index contributed by atoms with van der Waals surface area (Å²) in [5.41, 5.74) is 3.17. The topological polar surface area (TPSA) is 45.4 Å². The Balaban J connectivity index is 1.88. The van der Waals surface area contributed by atoms with Gasteiger partial charge in [0.1, 0.15) is 23.4 Å². The van der Waals surface area contributed by atoms with Crippen LogP contribution in [-0.4, -0.2) is 12.8 Å². The minimum atomic E-state index is 0.284. The van der Waals surface area contributed by atoms with Gasteiger partial charge in [-0.3, -0.25) is 0 Å². The number of hydrogen-bond donors (Lipinski definition) is 0. The molecular formula is C23H24Br2N2OS. The molecule has 1 atom stereocenters. The molecular weight excluding hydrogens is 512 g/mol. The number of hydrogen-bond acceptors (Lipinski definition) is 4. The van der Waals surface area contributed by atoms with Crippen molar-refractivity contribution in [3.63, 3.8) is 0 Å². The Bertz CT molecular complexity index is 973. The number of benzene rings is 1. The molecule has 0 saturated carbocycles. The molecule has 1 aliphatic carbocycles. The Morgan fingerprint density at radius 2 is 2.03 bits per heavy atom. The summed E-state index contributed by atoms with van der Waals surface area (Å²) in [4.78, 5) is 6.01. The molecule has 152 valence electrons. The molecule has 3 nitrogen and oxygen atoms in total. The molecule has 1 aromatic heterocycles. The molecule has 6 heteroatoms. The lowest BCUT2D eigenvalue weighted by Gasteiger charge is -2.33. The van der Waals surface area contributed by atoms with Crippen LogP contribution in [0.5, 0.6) is 5.75 Å². The summed E-state index contributed by atoms with van der Waals surface area (Å²) in [7, 11) is 0. The van der Waals surface area contributed by atoms with E-state index in [-0.39, 0.29) is 5.41 Å². The first-order valence-corrected chi connectivity index (χ1v) is 12.0. The van der Waals surface area contributed by atoms with Gasteiger partial charge in [-0.2, -0.15) is 5.26 Å². The van der Waals surface area contributed by atoms with Crippen molar-refractivity contribution in [3.8, 4) is 11.8 Å². The molecule has 0 unspecified atom stereocenters. The zero-order chi connectivity index (χ0) is 21.2. The molecule has 1 aliphatic rings. The lowest BCUT2D eigenvalue weighted by Crippen LogP contribution is -2.26. The van der Waals surface area contributed by atoms with E-state index in [0.717, 1.165) is 50.1 Å². The Kier molecular flexibility index (Phi) is 7.03. The largest absolute Gasteiger partial charge is 0.487 e. The number of aliphatic imine (C=N–C) groups is 1. The summed E-state index contributed by atoms with van der Waals surface area (Å²) < 4.78 is 7.35. The number of rotatable bonds is 5. The Labute approximate surface area is 193 Å². The van der Waals surface area contributed by atoms with E-state index in [1.807, 2.05) is 18.3 Å². The maximum Gasteiger partial charge on any atom is 0.148 e. The maximum atomic E-state index is 9.74. The zero-order valence-electron chi connectivity index (χ0n) is 16.9. The predicted molar refractivity (Wildman–Crippen MR) is 129 cm³/mol. The van der Waals surface area contributed by atoms with Crippen molar-refractivity contribution >= 4 is 54.4 Å². The highest BCUT2D eigenvalue weighted by atomic mass is 79.9. The number of fused-ring (bicyclic) bond motifs is 1. The molecule has 0 aliphatic heterocycles. The second kappa shape index (κ2) is 9.16. The molecule has 0 spiro atoms. The van der Waals surface area contributed by atoms with Crippen molar-refractivity contribution in [1.82, 2.24) is 0 Å². The van der Waals surface area contributed by atoms with Crippen molar-refractivity contribution in [2.75, 3.05) is 6.61 Å². The van der Waals surface area contributed by atoms with Crippen LogP contribution in [0, 0.1) is 22.7 Å². The summed E-state index contributed by atoms with van der Waals surface area (Å²) in [5.74, 6) is 1.38. The van der Waals surface area contributed by atoms with Crippen molar-refractivity contribution in [2.45, 2.75) is 40.0 Å². The third kappa shape index (κ3) is 5.02. The first-order chi connectivity index (χ1) is 13.7. The molecule has 0 saturated heterocycles. The van der Waals surface area contributed by atoms with E-state index in [0.29, 0.717) is 12.5 Å². The average Bonchev–Trinajstić information content (AvgIpc) is 3.01. The average molecular weight is 536 g/mol. The van der Waals surface area contributed by atoms with Gasteiger partial charge in [-0.25, -0.2) is 4.99 Å². The number of nitriles is 1. The minimum absolute atomic E-state index is 0.284.